The molecule has 2 aromatic rings. The van der Waals surface area contributed by atoms with Gasteiger partial charge in [-0.15, -0.1) is 0 Å². The van der Waals surface area contributed by atoms with Gasteiger partial charge in [0, 0.05) is 13.0 Å². The summed E-state index contributed by atoms with van der Waals surface area (Å²) in [5.41, 5.74) is -0.0358. The number of rotatable bonds is 3. The first-order valence-corrected chi connectivity index (χ1v) is 5.62. The molecule has 7 heteroatoms. The van der Waals surface area contributed by atoms with Gasteiger partial charge in [0.15, 0.2) is 5.65 Å². The topological polar surface area (TPSA) is 52.7 Å². The van der Waals surface area contributed by atoms with Gasteiger partial charge in [-0.1, -0.05) is 13.8 Å². The Bertz CT molecular complexity index is 630. The van der Waals surface area contributed by atoms with Crippen LogP contribution in [-0.2, 0) is 13.6 Å². The molecule has 0 radical (unpaired) electrons. The van der Waals surface area contributed by atoms with E-state index >= 15 is 0 Å². The Morgan fingerprint density at radius 2 is 2.06 bits per heavy atom. The van der Waals surface area contributed by atoms with Crippen LogP contribution in [0.2, 0.25) is 0 Å². The first-order valence-electron chi connectivity index (χ1n) is 5.62. The molecule has 0 aliphatic heterocycles. The third-order valence-corrected chi connectivity index (χ3v) is 2.74. The molecule has 2 rings (SSSR count). The Labute approximate surface area is 102 Å². The Morgan fingerprint density at radius 3 is 2.61 bits per heavy atom. The summed E-state index contributed by atoms with van der Waals surface area (Å²) in [7, 11) is 1.62. The van der Waals surface area contributed by atoms with Gasteiger partial charge >= 0.3 is 0 Å². The van der Waals surface area contributed by atoms with Crippen LogP contribution in [0.5, 0.6) is 0 Å². The van der Waals surface area contributed by atoms with E-state index in [1.54, 1.807) is 7.05 Å². The minimum absolute atomic E-state index is 0.0296. The number of hydrogen-bond donors (Lipinski definition) is 0. The van der Waals surface area contributed by atoms with E-state index in [9.17, 15) is 13.6 Å². The van der Waals surface area contributed by atoms with E-state index in [0.29, 0.717) is 5.82 Å². The highest BCUT2D eigenvalue weighted by Gasteiger charge is 2.16. The molecule has 0 atom stereocenters. The smallest absolute Gasteiger partial charge is 0.264 e. The van der Waals surface area contributed by atoms with Gasteiger partial charge in [0.05, 0.1) is 6.20 Å². The van der Waals surface area contributed by atoms with Crippen molar-refractivity contribution in [2.45, 2.75) is 32.7 Å². The summed E-state index contributed by atoms with van der Waals surface area (Å²) in [6, 6.07) is 0. The maximum absolute atomic E-state index is 12.4. The lowest BCUT2D eigenvalue weighted by atomic mass is 10.2. The Kier molecular flexibility index (Phi) is 3.14. The molecule has 18 heavy (non-hydrogen) atoms. The summed E-state index contributed by atoms with van der Waals surface area (Å²) < 4.78 is 27.3. The Morgan fingerprint density at radius 1 is 1.39 bits per heavy atom. The van der Waals surface area contributed by atoms with Crippen LogP contribution in [-0.4, -0.2) is 25.8 Å². The normalized spacial score (nSPS) is 11.9. The summed E-state index contributed by atoms with van der Waals surface area (Å²) in [6.45, 7) is 3.23. The van der Waals surface area contributed by atoms with Gasteiger partial charge in [-0.2, -0.15) is 5.10 Å². The zero-order valence-corrected chi connectivity index (χ0v) is 10.4. The van der Waals surface area contributed by atoms with E-state index in [4.69, 9.17) is 0 Å². The fourth-order valence-electron chi connectivity index (χ4n) is 1.90. The highest BCUT2D eigenvalue weighted by atomic mass is 19.3. The molecule has 0 saturated carbocycles. The fraction of sp³-hybridized carbons (Fsp3) is 0.545. The van der Waals surface area contributed by atoms with Gasteiger partial charge in [-0.05, 0) is 0 Å². The van der Waals surface area contributed by atoms with E-state index in [1.807, 2.05) is 13.8 Å². The fourth-order valence-corrected chi connectivity index (χ4v) is 1.90. The monoisotopic (exact) mass is 256 g/mol. The summed E-state index contributed by atoms with van der Waals surface area (Å²) in [6.07, 6.45) is -1.24. The molecule has 98 valence electrons. The third-order valence-electron chi connectivity index (χ3n) is 2.74. The van der Waals surface area contributed by atoms with Crippen LogP contribution in [0.3, 0.4) is 0 Å². The SMILES string of the molecule is CC(C)c1nc2c(cnn2CC(F)F)c(=O)n1C. The lowest BCUT2D eigenvalue weighted by Gasteiger charge is -2.11. The van der Waals surface area contributed by atoms with Gasteiger partial charge in [-0.25, -0.2) is 18.4 Å². The minimum atomic E-state index is -2.53. The van der Waals surface area contributed by atoms with Crippen molar-refractivity contribution in [3.8, 4) is 0 Å². The highest BCUT2D eigenvalue weighted by molar-refractivity contribution is 5.73. The largest absolute Gasteiger partial charge is 0.299 e. The van der Waals surface area contributed by atoms with E-state index < -0.39 is 13.0 Å². The van der Waals surface area contributed by atoms with Crippen molar-refractivity contribution in [1.29, 1.82) is 0 Å². The van der Waals surface area contributed by atoms with Crippen LogP contribution in [0.4, 0.5) is 8.78 Å². The van der Waals surface area contributed by atoms with Crippen LogP contribution in [0, 0.1) is 0 Å². The molecule has 0 saturated heterocycles. The number of halogens is 2. The second kappa shape index (κ2) is 4.47. The van der Waals surface area contributed by atoms with Crippen molar-refractivity contribution in [1.82, 2.24) is 19.3 Å². The zero-order chi connectivity index (χ0) is 13.4. The van der Waals surface area contributed by atoms with Crippen molar-refractivity contribution in [2.24, 2.45) is 7.05 Å². The summed E-state index contributed by atoms with van der Waals surface area (Å²) in [5.74, 6) is 0.588. The Hall–Kier alpha value is -1.79. The average Bonchev–Trinajstić information content (AvgIpc) is 2.65. The molecule has 0 unspecified atom stereocenters. The molecule has 0 aliphatic carbocycles. The van der Waals surface area contributed by atoms with Crippen molar-refractivity contribution in [3.05, 3.63) is 22.4 Å². The predicted octanol–water partition coefficient (Wildman–Crippen LogP) is 1.52. The summed E-state index contributed by atoms with van der Waals surface area (Å²) in [5, 5.41) is 4.06. The van der Waals surface area contributed by atoms with Crippen LogP contribution in [0.15, 0.2) is 11.0 Å². The molecule has 0 N–H and O–H groups in total. The Balaban J connectivity index is 2.70. The van der Waals surface area contributed by atoms with Crippen molar-refractivity contribution in [3.63, 3.8) is 0 Å². The maximum atomic E-state index is 12.4. The first kappa shape index (κ1) is 12.7. The molecule has 0 spiro atoms. The van der Waals surface area contributed by atoms with Crippen molar-refractivity contribution >= 4 is 11.0 Å². The predicted molar refractivity (Wildman–Crippen MR) is 62.9 cm³/mol. The molecule has 0 fully saturated rings. The summed E-state index contributed by atoms with van der Waals surface area (Å²) in [4.78, 5) is 16.3. The zero-order valence-electron chi connectivity index (χ0n) is 10.4. The molecule has 0 amide bonds. The summed E-state index contributed by atoms with van der Waals surface area (Å²) >= 11 is 0. The molecular weight excluding hydrogens is 242 g/mol. The maximum Gasteiger partial charge on any atom is 0.264 e. The lowest BCUT2D eigenvalue weighted by molar-refractivity contribution is 0.123. The van der Waals surface area contributed by atoms with E-state index in [0.717, 1.165) is 4.68 Å². The van der Waals surface area contributed by atoms with Crippen LogP contribution < -0.4 is 5.56 Å². The number of fused-ring (bicyclic) bond motifs is 1. The second-order valence-corrected chi connectivity index (χ2v) is 4.44. The first-order chi connectivity index (χ1) is 8.41. The van der Waals surface area contributed by atoms with Gasteiger partial charge < -0.3 is 0 Å². The minimum Gasteiger partial charge on any atom is -0.299 e. The standard InChI is InChI=1S/C11H14F2N4O/c1-6(2)9-15-10-7(11(18)16(9)3)4-14-17(10)5-8(12)13/h4,6,8H,5H2,1-3H3. The number of aromatic nitrogens is 4. The molecule has 2 heterocycles. The van der Waals surface area contributed by atoms with Gasteiger partial charge in [-0.3, -0.25) is 9.36 Å². The number of nitrogens with zero attached hydrogens (tertiary/aromatic N) is 4. The van der Waals surface area contributed by atoms with Crippen molar-refractivity contribution in [2.75, 3.05) is 0 Å². The molecule has 0 aromatic carbocycles. The van der Waals surface area contributed by atoms with Crippen LogP contribution in [0.25, 0.3) is 11.0 Å². The van der Waals surface area contributed by atoms with Gasteiger partial charge in [0.1, 0.15) is 17.8 Å². The van der Waals surface area contributed by atoms with Crippen LogP contribution in [0.1, 0.15) is 25.6 Å². The van der Waals surface area contributed by atoms with Gasteiger partial charge in [0.2, 0.25) is 0 Å². The third kappa shape index (κ3) is 2.00. The molecule has 5 nitrogen and oxygen atoms in total. The quantitative estimate of drug-likeness (QED) is 0.836. The van der Waals surface area contributed by atoms with Crippen LogP contribution >= 0.6 is 0 Å². The molecule has 0 bridgehead atoms. The van der Waals surface area contributed by atoms with E-state index in [1.165, 1.54) is 10.8 Å². The number of alkyl halides is 2. The highest BCUT2D eigenvalue weighted by Crippen LogP contribution is 2.14. The molecule has 0 aliphatic rings. The molecular formula is C11H14F2N4O. The lowest BCUT2D eigenvalue weighted by Crippen LogP contribution is -2.23. The van der Waals surface area contributed by atoms with E-state index in [-0.39, 0.29) is 22.5 Å². The van der Waals surface area contributed by atoms with Crippen molar-refractivity contribution < 1.29 is 8.78 Å². The second-order valence-electron chi connectivity index (χ2n) is 4.44. The molecule has 2 aromatic heterocycles. The number of hydrogen-bond acceptors (Lipinski definition) is 3. The average molecular weight is 256 g/mol. The van der Waals surface area contributed by atoms with Gasteiger partial charge in [0.25, 0.3) is 12.0 Å². The van der Waals surface area contributed by atoms with E-state index in [2.05, 4.69) is 10.1 Å².